The molecule has 1 fully saturated rings. The van der Waals surface area contributed by atoms with Crippen molar-refractivity contribution in [1.82, 2.24) is 10.3 Å². The number of nitrogens with two attached hydrogens (primary N) is 1. The summed E-state index contributed by atoms with van der Waals surface area (Å²) in [7, 11) is 0. The van der Waals surface area contributed by atoms with Crippen LogP contribution in [-0.4, -0.2) is 23.0 Å². The number of amides is 1. The summed E-state index contributed by atoms with van der Waals surface area (Å²) in [4.78, 5) is 15.5. The van der Waals surface area contributed by atoms with Gasteiger partial charge in [0, 0.05) is 34.7 Å². The fourth-order valence-corrected chi connectivity index (χ4v) is 2.81. The number of hydrogen-bond acceptors (Lipinski definition) is 2. The minimum atomic E-state index is 0.0191. The van der Waals surface area contributed by atoms with Gasteiger partial charge in [-0.3, -0.25) is 4.79 Å². The molecule has 1 heterocycles. The predicted molar refractivity (Wildman–Crippen MR) is 76.0 cm³/mol. The first-order chi connectivity index (χ1) is 9.24. The molecule has 3 rings (SSSR count). The van der Waals surface area contributed by atoms with Gasteiger partial charge in [-0.25, -0.2) is 0 Å². The van der Waals surface area contributed by atoms with E-state index >= 15 is 0 Å². The second-order valence-electron chi connectivity index (χ2n) is 5.33. The van der Waals surface area contributed by atoms with Gasteiger partial charge in [0.25, 0.3) is 5.91 Å². The van der Waals surface area contributed by atoms with Crippen LogP contribution in [0.3, 0.4) is 0 Å². The standard InChI is InChI=1S/C15H19N3O/c16-10-4-6-11(7-5-10)18-15(19)13-2-1-3-14-12(13)8-9-17-14/h1-3,8-11,17H,4-7,16H2,(H,18,19). The van der Waals surface area contributed by atoms with E-state index in [1.807, 2.05) is 30.5 Å². The van der Waals surface area contributed by atoms with E-state index in [9.17, 15) is 4.79 Å². The molecular weight excluding hydrogens is 238 g/mol. The molecule has 4 N–H and O–H groups in total. The Morgan fingerprint density at radius 1 is 1.21 bits per heavy atom. The molecule has 1 aliphatic rings. The number of fused-ring (bicyclic) bond motifs is 1. The summed E-state index contributed by atoms with van der Waals surface area (Å²) in [6, 6.07) is 8.28. The van der Waals surface area contributed by atoms with Crippen LogP contribution < -0.4 is 11.1 Å². The third-order valence-electron chi connectivity index (χ3n) is 3.95. The van der Waals surface area contributed by atoms with Gasteiger partial charge in [0.1, 0.15) is 0 Å². The third-order valence-corrected chi connectivity index (χ3v) is 3.95. The van der Waals surface area contributed by atoms with Crippen molar-refractivity contribution in [3.05, 3.63) is 36.0 Å². The average Bonchev–Trinajstić information content (AvgIpc) is 2.89. The topological polar surface area (TPSA) is 70.9 Å². The summed E-state index contributed by atoms with van der Waals surface area (Å²) in [5, 5.41) is 4.11. The monoisotopic (exact) mass is 257 g/mol. The second-order valence-corrected chi connectivity index (χ2v) is 5.33. The molecule has 0 unspecified atom stereocenters. The number of carbonyl (C=O) groups is 1. The van der Waals surface area contributed by atoms with Gasteiger partial charge in [0.15, 0.2) is 0 Å². The van der Waals surface area contributed by atoms with E-state index in [2.05, 4.69) is 10.3 Å². The molecular formula is C15H19N3O. The molecule has 0 aliphatic heterocycles. The average molecular weight is 257 g/mol. The summed E-state index contributed by atoms with van der Waals surface area (Å²) in [6.45, 7) is 0. The highest BCUT2D eigenvalue weighted by molar-refractivity contribution is 6.06. The van der Waals surface area contributed by atoms with Gasteiger partial charge in [-0.2, -0.15) is 0 Å². The summed E-state index contributed by atoms with van der Waals surface area (Å²) in [5.41, 5.74) is 7.63. The molecule has 0 atom stereocenters. The van der Waals surface area contributed by atoms with E-state index in [0.717, 1.165) is 42.1 Å². The quantitative estimate of drug-likeness (QED) is 0.771. The number of benzene rings is 1. The summed E-state index contributed by atoms with van der Waals surface area (Å²) >= 11 is 0. The number of nitrogens with one attached hydrogen (secondary N) is 2. The van der Waals surface area contributed by atoms with E-state index in [4.69, 9.17) is 5.73 Å². The van der Waals surface area contributed by atoms with Gasteiger partial charge < -0.3 is 16.0 Å². The Kier molecular flexibility index (Phi) is 3.25. The molecule has 1 aromatic heterocycles. The van der Waals surface area contributed by atoms with Crippen molar-refractivity contribution in [2.24, 2.45) is 5.73 Å². The van der Waals surface area contributed by atoms with Crippen LogP contribution >= 0.6 is 0 Å². The summed E-state index contributed by atoms with van der Waals surface area (Å²) < 4.78 is 0. The van der Waals surface area contributed by atoms with Crippen molar-refractivity contribution in [3.63, 3.8) is 0 Å². The molecule has 0 bridgehead atoms. The third kappa shape index (κ3) is 2.49. The highest BCUT2D eigenvalue weighted by Crippen LogP contribution is 2.20. The summed E-state index contributed by atoms with van der Waals surface area (Å²) in [6.07, 6.45) is 5.83. The van der Waals surface area contributed by atoms with Gasteiger partial charge in [0.2, 0.25) is 0 Å². The van der Waals surface area contributed by atoms with E-state index in [-0.39, 0.29) is 11.9 Å². The predicted octanol–water partition coefficient (Wildman–Crippen LogP) is 2.17. The van der Waals surface area contributed by atoms with Gasteiger partial charge >= 0.3 is 0 Å². The molecule has 0 radical (unpaired) electrons. The second kappa shape index (κ2) is 5.05. The maximum absolute atomic E-state index is 12.4. The minimum absolute atomic E-state index is 0.0191. The van der Waals surface area contributed by atoms with Crippen LogP contribution in [0.2, 0.25) is 0 Å². The lowest BCUT2D eigenvalue weighted by Gasteiger charge is -2.26. The Morgan fingerprint density at radius 3 is 2.79 bits per heavy atom. The zero-order valence-corrected chi connectivity index (χ0v) is 10.9. The number of H-pyrrole nitrogens is 1. The Labute approximate surface area is 112 Å². The molecule has 0 saturated heterocycles. The highest BCUT2D eigenvalue weighted by atomic mass is 16.1. The van der Waals surface area contributed by atoms with E-state index in [1.54, 1.807) is 0 Å². The van der Waals surface area contributed by atoms with E-state index in [1.165, 1.54) is 0 Å². The van der Waals surface area contributed by atoms with Crippen LogP contribution in [0.5, 0.6) is 0 Å². The number of hydrogen-bond donors (Lipinski definition) is 3. The Bertz CT molecular complexity index is 582. The summed E-state index contributed by atoms with van der Waals surface area (Å²) in [5.74, 6) is 0.0191. The van der Waals surface area contributed by atoms with Crippen molar-refractivity contribution in [2.75, 3.05) is 0 Å². The molecule has 4 nitrogen and oxygen atoms in total. The molecule has 1 amide bonds. The maximum atomic E-state index is 12.4. The van der Waals surface area contributed by atoms with E-state index in [0.29, 0.717) is 6.04 Å². The lowest BCUT2D eigenvalue weighted by molar-refractivity contribution is 0.0927. The van der Waals surface area contributed by atoms with Crippen molar-refractivity contribution < 1.29 is 4.79 Å². The Morgan fingerprint density at radius 2 is 2.00 bits per heavy atom. The van der Waals surface area contributed by atoms with Crippen LogP contribution in [-0.2, 0) is 0 Å². The van der Waals surface area contributed by atoms with Crippen LogP contribution in [0.25, 0.3) is 10.9 Å². The molecule has 100 valence electrons. The van der Waals surface area contributed by atoms with Crippen molar-refractivity contribution >= 4 is 16.8 Å². The molecule has 0 spiro atoms. The number of carbonyl (C=O) groups excluding carboxylic acids is 1. The number of aromatic nitrogens is 1. The maximum Gasteiger partial charge on any atom is 0.252 e. The zero-order valence-electron chi connectivity index (χ0n) is 10.9. The molecule has 1 saturated carbocycles. The normalized spacial score (nSPS) is 23.4. The number of aromatic amines is 1. The Hall–Kier alpha value is -1.81. The number of rotatable bonds is 2. The van der Waals surface area contributed by atoms with Crippen LogP contribution in [0.15, 0.2) is 30.5 Å². The highest BCUT2D eigenvalue weighted by Gasteiger charge is 2.21. The smallest absolute Gasteiger partial charge is 0.252 e. The minimum Gasteiger partial charge on any atom is -0.361 e. The van der Waals surface area contributed by atoms with Gasteiger partial charge in [-0.15, -0.1) is 0 Å². The fraction of sp³-hybridized carbons (Fsp3) is 0.400. The molecule has 19 heavy (non-hydrogen) atoms. The first kappa shape index (κ1) is 12.2. The van der Waals surface area contributed by atoms with Gasteiger partial charge in [0.05, 0.1) is 0 Å². The lowest BCUT2D eigenvalue weighted by Crippen LogP contribution is -2.40. The SMILES string of the molecule is NC1CCC(NC(=O)c2cccc3[nH]ccc23)CC1. The molecule has 2 aromatic rings. The van der Waals surface area contributed by atoms with Crippen LogP contribution in [0, 0.1) is 0 Å². The van der Waals surface area contributed by atoms with Crippen molar-refractivity contribution in [2.45, 2.75) is 37.8 Å². The first-order valence-corrected chi connectivity index (χ1v) is 6.86. The van der Waals surface area contributed by atoms with Crippen LogP contribution in [0.1, 0.15) is 36.0 Å². The first-order valence-electron chi connectivity index (χ1n) is 6.86. The van der Waals surface area contributed by atoms with Gasteiger partial charge in [-0.05, 0) is 43.9 Å². The lowest BCUT2D eigenvalue weighted by atomic mass is 9.91. The van der Waals surface area contributed by atoms with Crippen molar-refractivity contribution in [3.8, 4) is 0 Å². The molecule has 4 heteroatoms. The largest absolute Gasteiger partial charge is 0.361 e. The van der Waals surface area contributed by atoms with E-state index < -0.39 is 0 Å². The molecule has 1 aliphatic carbocycles. The molecule has 1 aromatic carbocycles. The van der Waals surface area contributed by atoms with Gasteiger partial charge in [-0.1, -0.05) is 6.07 Å². The van der Waals surface area contributed by atoms with Crippen molar-refractivity contribution in [1.29, 1.82) is 0 Å². The fourth-order valence-electron chi connectivity index (χ4n) is 2.81. The Balaban J connectivity index is 1.75. The zero-order chi connectivity index (χ0) is 13.2. The van der Waals surface area contributed by atoms with Crippen LogP contribution in [0.4, 0.5) is 0 Å².